The van der Waals surface area contributed by atoms with Gasteiger partial charge in [0.05, 0.1) is 103 Å². The number of carbonyl (C=O) groups excluding carboxylic acids is 6. The standard InChI is InChI=1S/C34H36N2O9S.C22H31NO8.C17H15NO4S/c1-23(37)30-22-29(28-5-3-4-6-32(28)46(2,40)41)31-21-26(13-14-36(30)31)45-20-18-43-16-15-42-17-19-44-25-9-7-24(8-10-25)27-11-12-33(38)35-34(27)39;1-22(2,3)31-21(27)23-19(25)9-8-18(20(23)26)16-4-6-17(7-5-16)30-15-14-29-13-12-28-11-10-24;1-11(19)15-10-14(16-9-12(20)7-8-18(15)16)13-5-3-4-6-17(13)23(2,21)22/h3-10,13-14,21-22,27H,11-12,15-20H2,1-2H3,(H,35,38,39);4-7,18,24H,8-15H2,1-3H3;3-10,19H,1-2H3. The lowest BCUT2D eigenvalue weighted by Gasteiger charge is -2.31. The van der Waals surface area contributed by atoms with E-state index in [0.29, 0.717) is 157 Å². The number of ketones is 1. The van der Waals surface area contributed by atoms with E-state index in [0.717, 1.165) is 18.1 Å². The lowest BCUT2D eigenvalue weighted by atomic mass is 9.89. The van der Waals surface area contributed by atoms with Crippen LogP contribution in [-0.2, 0) is 62.5 Å². The Morgan fingerprint density at radius 2 is 1.01 bits per heavy atom. The van der Waals surface area contributed by atoms with Crippen LogP contribution < -0.4 is 30.3 Å². The van der Waals surface area contributed by atoms with Gasteiger partial charge in [0, 0.05) is 85.1 Å². The Balaban J connectivity index is 0.000000204. The van der Waals surface area contributed by atoms with Crippen molar-refractivity contribution in [1.29, 1.82) is 0 Å². The van der Waals surface area contributed by atoms with Crippen LogP contribution in [0.3, 0.4) is 0 Å². The first-order valence-electron chi connectivity index (χ1n) is 32.2. The van der Waals surface area contributed by atoms with Gasteiger partial charge in [-0.3, -0.25) is 34.1 Å². The number of Topliss-reactive ketones (excluding diaryl/α,β-unsaturated/α-hetero) is 1. The van der Waals surface area contributed by atoms with Crippen molar-refractivity contribution in [1.82, 2.24) is 19.0 Å². The maximum atomic E-state index is 12.8. The number of ether oxygens (including phenoxy) is 8. The Morgan fingerprint density at radius 1 is 0.540 bits per heavy atom. The molecule has 27 heteroatoms. The topological polar surface area (TPSA) is 326 Å². The zero-order chi connectivity index (χ0) is 72.3. The molecule has 2 atom stereocenters. The first-order valence-corrected chi connectivity index (χ1v) is 35.9. The summed E-state index contributed by atoms with van der Waals surface area (Å²) in [5.74, 6) is -0.757. The SMILES string of the molecule is CC(=O)c1cc(-c2ccccc2S(C)(=O)=O)c2cc(OCCOCCOCCOc3ccc(C4CCC(=O)NC4=O)cc3)ccn12.CC(C)(C)OC(=O)N1C(=O)CCC(c2ccc(OCCOCCOCCO)cc2)C1=O.CC(O)=c1cc(-c2ccccc2S(C)(=O)=O)c2cc(=O)ccn12. The zero-order valence-electron chi connectivity index (χ0n) is 56.6. The summed E-state index contributed by atoms with van der Waals surface area (Å²) in [7, 11) is -6.93. The number of sulfone groups is 2. The van der Waals surface area contributed by atoms with Gasteiger partial charge in [0.25, 0.3) is 0 Å². The molecule has 0 spiro atoms. The molecule has 4 aromatic heterocycles. The number of fused-ring (bicyclic) bond motifs is 2. The molecule has 5 amide bonds. The molecule has 532 valence electrons. The van der Waals surface area contributed by atoms with E-state index in [1.165, 1.54) is 25.1 Å². The van der Waals surface area contributed by atoms with E-state index < -0.39 is 49.1 Å². The van der Waals surface area contributed by atoms with Gasteiger partial charge in [-0.15, -0.1) is 0 Å². The van der Waals surface area contributed by atoms with Crippen LogP contribution in [0.25, 0.3) is 39.0 Å². The summed E-state index contributed by atoms with van der Waals surface area (Å²) in [5, 5.41) is 21.4. The molecule has 2 fully saturated rings. The van der Waals surface area contributed by atoms with Gasteiger partial charge in [0.1, 0.15) is 48.4 Å². The van der Waals surface area contributed by atoms with Crippen LogP contribution in [0, 0.1) is 0 Å². The van der Waals surface area contributed by atoms with Gasteiger partial charge < -0.3 is 56.9 Å². The third-order valence-corrected chi connectivity index (χ3v) is 17.9. The van der Waals surface area contributed by atoms with E-state index in [1.54, 1.807) is 152 Å². The lowest BCUT2D eigenvalue weighted by Crippen LogP contribution is -2.49. The van der Waals surface area contributed by atoms with Crippen molar-refractivity contribution in [2.45, 2.75) is 87.5 Å². The van der Waals surface area contributed by atoms with E-state index in [4.69, 9.17) is 43.0 Å². The lowest BCUT2D eigenvalue weighted by molar-refractivity contribution is -0.148. The fraction of sp³-hybridized carbons (Fsp3) is 0.356. The fourth-order valence-electron chi connectivity index (χ4n) is 11.0. The van der Waals surface area contributed by atoms with Crippen molar-refractivity contribution in [3.05, 3.63) is 178 Å². The third kappa shape index (κ3) is 20.7. The number of benzene rings is 4. The molecule has 2 aliphatic rings. The number of hydrogen-bond donors (Lipinski definition) is 3. The molecule has 6 heterocycles. The number of carbonyl (C=O) groups is 6. The second-order valence-corrected chi connectivity index (χ2v) is 28.3. The Kier molecular flexibility index (Phi) is 26.6. The van der Waals surface area contributed by atoms with Crippen LogP contribution in [0.5, 0.6) is 17.2 Å². The third-order valence-electron chi connectivity index (χ3n) is 15.6. The minimum Gasteiger partial charge on any atom is -0.510 e. The summed E-state index contributed by atoms with van der Waals surface area (Å²) in [6, 6.07) is 37.4. The Hall–Kier alpha value is -9.61. The molecule has 0 radical (unpaired) electrons. The molecular weight excluding hydrogens is 1330 g/mol. The van der Waals surface area contributed by atoms with Crippen molar-refractivity contribution in [2.75, 3.05) is 91.8 Å². The van der Waals surface area contributed by atoms with Crippen molar-refractivity contribution < 1.29 is 93.7 Å². The molecule has 2 unspecified atom stereocenters. The second kappa shape index (κ2) is 34.9. The van der Waals surface area contributed by atoms with Crippen LogP contribution >= 0.6 is 0 Å². The summed E-state index contributed by atoms with van der Waals surface area (Å²) in [4.78, 5) is 85.8. The van der Waals surface area contributed by atoms with E-state index in [-0.39, 0.29) is 64.1 Å². The van der Waals surface area contributed by atoms with Crippen LogP contribution in [0.15, 0.2) is 160 Å². The summed E-state index contributed by atoms with van der Waals surface area (Å²) in [6.07, 6.45) is 5.95. The van der Waals surface area contributed by atoms with Crippen LogP contribution in [-0.4, -0.2) is 174 Å². The molecule has 2 aliphatic heterocycles. The highest BCUT2D eigenvalue weighted by Gasteiger charge is 2.41. The normalized spacial score (nSPS) is 15.3. The second-order valence-electron chi connectivity index (χ2n) is 24.3. The molecule has 8 aromatic rings. The number of likely N-dealkylation sites (tertiary alicyclic amines) is 1. The minimum atomic E-state index is -3.50. The number of aromatic nitrogens is 2. The van der Waals surface area contributed by atoms with Gasteiger partial charge in [-0.05, 0) is 106 Å². The van der Waals surface area contributed by atoms with Gasteiger partial charge in [-0.2, -0.15) is 4.90 Å². The van der Waals surface area contributed by atoms with Crippen LogP contribution in [0.1, 0.15) is 93.8 Å². The van der Waals surface area contributed by atoms with Crippen LogP contribution in [0.2, 0.25) is 0 Å². The Labute approximate surface area is 578 Å². The molecular formula is C73H82N4O21S2. The summed E-state index contributed by atoms with van der Waals surface area (Å²) in [6.45, 7) is 12.0. The highest BCUT2D eigenvalue weighted by atomic mass is 32.2. The summed E-state index contributed by atoms with van der Waals surface area (Å²) < 4.78 is 96.4. The fourth-order valence-corrected chi connectivity index (χ4v) is 12.8. The van der Waals surface area contributed by atoms with Gasteiger partial charge in [-0.25, -0.2) is 21.6 Å². The largest absolute Gasteiger partial charge is 0.510 e. The number of pyridine rings is 2. The molecule has 0 aliphatic carbocycles. The van der Waals surface area contributed by atoms with E-state index >= 15 is 0 Å². The highest BCUT2D eigenvalue weighted by molar-refractivity contribution is 7.91. The number of hydrogen-bond acceptors (Lipinski definition) is 21. The number of imide groups is 4. The highest BCUT2D eigenvalue weighted by Crippen LogP contribution is 2.36. The first kappa shape index (κ1) is 76.1. The number of nitrogens with one attached hydrogen (secondary N) is 1. The van der Waals surface area contributed by atoms with Crippen molar-refractivity contribution in [2.24, 2.45) is 0 Å². The number of nitrogens with zero attached hydrogens (tertiary/aromatic N) is 3. The van der Waals surface area contributed by atoms with Crippen molar-refractivity contribution >= 4 is 72.0 Å². The number of amides is 5. The number of aliphatic hydroxyl groups is 2. The van der Waals surface area contributed by atoms with Gasteiger partial charge >= 0.3 is 6.09 Å². The predicted molar refractivity (Wildman–Crippen MR) is 370 cm³/mol. The molecule has 100 heavy (non-hydrogen) atoms. The molecule has 4 aromatic carbocycles. The maximum Gasteiger partial charge on any atom is 0.424 e. The van der Waals surface area contributed by atoms with Gasteiger partial charge in [0.15, 0.2) is 30.9 Å². The van der Waals surface area contributed by atoms with E-state index in [1.807, 2.05) is 12.1 Å². The number of rotatable bonds is 27. The molecule has 0 saturated carbocycles. The molecule has 25 nitrogen and oxygen atoms in total. The average Bonchev–Trinajstić information content (AvgIpc) is 1.60. The summed E-state index contributed by atoms with van der Waals surface area (Å²) in [5.41, 5.74) is 4.45. The van der Waals surface area contributed by atoms with E-state index in [2.05, 4.69) is 5.32 Å². The average molecular weight is 1420 g/mol. The number of aliphatic hydroxyl groups excluding tert-OH is 2. The molecule has 3 N–H and O–H groups in total. The summed E-state index contributed by atoms with van der Waals surface area (Å²) >= 11 is 0. The monoisotopic (exact) mass is 1410 g/mol. The minimum absolute atomic E-state index is 0.0130. The van der Waals surface area contributed by atoms with Gasteiger partial charge in [-0.1, -0.05) is 60.7 Å². The quantitative estimate of drug-likeness (QED) is 0.0248. The first-order chi connectivity index (χ1) is 47.6. The Morgan fingerprint density at radius 3 is 1.51 bits per heavy atom. The van der Waals surface area contributed by atoms with Crippen molar-refractivity contribution in [3.63, 3.8) is 0 Å². The molecule has 0 bridgehead atoms. The Bertz CT molecular complexity index is 4580. The van der Waals surface area contributed by atoms with Crippen LogP contribution in [0.4, 0.5) is 4.79 Å². The molecule has 2 saturated heterocycles. The zero-order valence-corrected chi connectivity index (χ0v) is 58.3. The predicted octanol–water partition coefficient (Wildman–Crippen LogP) is 8.26. The molecule has 10 rings (SSSR count). The smallest absolute Gasteiger partial charge is 0.424 e. The van der Waals surface area contributed by atoms with Crippen molar-refractivity contribution in [3.8, 4) is 39.5 Å². The number of piperidine rings is 2. The maximum absolute atomic E-state index is 12.8. The van der Waals surface area contributed by atoms with E-state index in [9.17, 15) is 55.5 Å². The van der Waals surface area contributed by atoms with Gasteiger partial charge in [0.2, 0.25) is 23.6 Å².